The first-order chi connectivity index (χ1) is 12.7. The highest BCUT2D eigenvalue weighted by atomic mass is 16.5. The van der Waals surface area contributed by atoms with E-state index in [0.717, 1.165) is 35.7 Å². The van der Waals surface area contributed by atoms with Gasteiger partial charge in [-0.05, 0) is 25.5 Å². The minimum absolute atomic E-state index is 0.323. The van der Waals surface area contributed by atoms with E-state index in [1.165, 1.54) is 0 Å². The molecule has 0 radical (unpaired) electrons. The maximum Gasteiger partial charge on any atom is 0.166 e. The van der Waals surface area contributed by atoms with Gasteiger partial charge in [-0.15, -0.1) is 0 Å². The van der Waals surface area contributed by atoms with Gasteiger partial charge in [-0.1, -0.05) is 42.5 Å². The van der Waals surface area contributed by atoms with E-state index in [1.807, 2.05) is 37.3 Å². The van der Waals surface area contributed by atoms with Crippen LogP contribution in [-0.2, 0) is 13.2 Å². The Morgan fingerprint density at radius 3 is 2.46 bits per heavy atom. The molecular formula is C21H30N2O3. The highest BCUT2D eigenvalue weighted by Gasteiger charge is 2.11. The van der Waals surface area contributed by atoms with E-state index in [4.69, 9.17) is 9.47 Å². The van der Waals surface area contributed by atoms with E-state index in [0.29, 0.717) is 26.3 Å². The van der Waals surface area contributed by atoms with Gasteiger partial charge >= 0.3 is 0 Å². The summed E-state index contributed by atoms with van der Waals surface area (Å²) in [6.07, 6.45) is -0.323. The van der Waals surface area contributed by atoms with E-state index in [2.05, 4.69) is 28.8 Å². The number of hydrogen-bond donors (Lipinski definition) is 3. The monoisotopic (exact) mass is 358 g/mol. The molecule has 0 fully saturated rings. The van der Waals surface area contributed by atoms with Crippen molar-refractivity contribution >= 4 is 0 Å². The summed E-state index contributed by atoms with van der Waals surface area (Å²) in [5.74, 6) is 1.57. The summed E-state index contributed by atoms with van der Waals surface area (Å²) < 4.78 is 11.8. The second-order valence-electron chi connectivity index (χ2n) is 6.18. The predicted molar refractivity (Wildman–Crippen MR) is 105 cm³/mol. The molecule has 0 heterocycles. The van der Waals surface area contributed by atoms with Crippen LogP contribution in [0.5, 0.6) is 11.5 Å². The lowest BCUT2D eigenvalue weighted by molar-refractivity contribution is 0.191. The van der Waals surface area contributed by atoms with Crippen LogP contribution in [-0.4, -0.2) is 37.5 Å². The van der Waals surface area contributed by atoms with Gasteiger partial charge in [0.25, 0.3) is 0 Å². The smallest absolute Gasteiger partial charge is 0.166 e. The molecule has 2 aromatic rings. The van der Waals surface area contributed by atoms with Gasteiger partial charge in [-0.2, -0.15) is 0 Å². The van der Waals surface area contributed by atoms with Crippen LogP contribution in [0.25, 0.3) is 0 Å². The SMILES string of the molecule is CCOc1cccc(CNCCNCC(C)O)c1OCc1ccccc1. The number of aliphatic hydroxyl groups excluding tert-OH is 1. The van der Waals surface area contributed by atoms with E-state index < -0.39 is 0 Å². The Bertz CT molecular complexity index is 632. The quantitative estimate of drug-likeness (QED) is 0.509. The molecule has 3 N–H and O–H groups in total. The third kappa shape index (κ3) is 7.04. The molecule has 2 rings (SSSR count). The first-order valence-electron chi connectivity index (χ1n) is 9.21. The molecule has 1 unspecified atom stereocenters. The van der Waals surface area contributed by atoms with Crippen LogP contribution in [0.1, 0.15) is 25.0 Å². The van der Waals surface area contributed by atoms with Crippen molar-refractivity contribution in [2.45, 2.75) is 33.1 Å². The molecule has 2 aromatic carbocycles. The Balaban J connectivity index is 1.94. The lowest BCUT2D eigenvalue weighted by Gasteiger charge is -2.17. The first-order valence-corrected chi connectivity index (χ1v) is 9.21. The fourth-order valence-corrected chi connectivity index (χ4v) is 2.57. The number of benzene rings is 2. The van der Waals surface area contributed by atoms with E-state index in [1.54, 1.807) is 6.92 Å². The van der Waals surface area contributed by atoms with Crippen LogP contribution >= 0.6 is 0 Å². The lowest BCUT2D eigenvalue weighted by atomic mass is 10.1. The number of para-hydroxylation sites is 1. The minimum Gasteiger partial charge on any atom is -0.490 e. The second kappa shape index (κ2) is 11.5. The van der Waals surface area contributed by atoms with Crippen molar-refractivity contribution in [3.05, 3.63) is 59.7 Å². The zero-order chi connectivity index (χ0) is 18.6. The van der Waals surface area contributed by atoms with E-state index >= 15 is 0 Å². The summed E-state index contributed by atoms with van der Waals surface area (Å²) in [7, 11) is 0. The van der Waals surface area contributed by atoms with Crippen molar-refractivity contribution in [1.29, 1.82) is 0 Å². The molecule has 0 saturated heterocycles. The van der Waals surface area contributed by atoms with Crippen LogP contribution in [0.2, 0.25) is 0 Å². The van der Waals surface area contributed by atoms with E-state index in [-0.39, 0.29) is 6.10 Å². The third-order valence-corrected chi connectivity index (χ3v) is 3.82. The molecule has 0 spiro atoms. The summed E-state index contributed by atoms with van der Waals surface area (Å²) >= 11 is 0. The standard InChI is InChI=1S/C21H30N2O3/c1-3-25-20-11-7-10-19(15-23-13-12-22-14-17(2)24)21(20)26-16-18-8-5-4-6-9-18/h4-11,17,22-24H,3,12-16H2,1-2H3. The summed E-state index contributed by atoms with van der Waals surface area (Å²) in [5.41, 5.74) is 2.20. The van der Waals surface area contributed by atoms with Gasteiger partial charge in [-0.3, -0.25) is 0 Å². The Hall–Kier alpha value is -2.08. The molecule has 1 atom stereocenters. The molecule has 0 aromatic heterocycles. The molecule has 0 aliphatic carbocycles. The van der Waals surface area contributed by atoms with Crippen LogP contribution in [0.4, 0.5) is 0 Å². The fourth-order valence-electron chi connectivity index (χ4n) is 2.57. The van der Waals surface area contributed by atoms with Gasteiger partial charge in [0.05, 0.1) is 12.7 Å². The topological polar surface area (TPSA) is 62.8 Å². The molecule has 0 saturated carbocycles. The van der Waals surface area contributed by atoms with Gasteiger partial charge in [0.2, 0.25) is 0 Å². The number of hydrogen-bond acceptors (Lipinski definition) is 5. The Morgan fingerprint density at radius 2 is 1.73 bits per heavy atom. The van der Waals surface area contributed by atoms with Crippen LogP contribution in [0.15, 0.2) is 48.5 Å². The molecule has 26 heavy (non-hydrogen) atoms. The molecule has 0 aliphatic rings. The Kier molecular flexibility index (Phi) is 8.96. The maximum atomic E-state index is 9.24. The molecule has 0 bridgehead atoms. The molecule has 5 heteroatoms. The summed E-state index contributed by atoms with van der Waals surface area (Å²) in [6, 6.07) is 16.1. The third-order valence-electron chi connectivity index (χ3n) is 3.82. The van der Waals surface area contributed by atoms with Crippen molar-refractivity contribution in [2.24, 2.45) is 0 Å². The van der Waals surface area contributed by atoms with Crippen molar-refractivity contribution < 1.29 is 14.6 Å². The summed E-state index contributed by atoms with van der Waals surface area (Å²) in [6.45, 7) is 7.76. The van der Waals surface area contributed by atoms with Crippen LogP contribution < -0.4 is 20.1 Å². The average Bonchev–Trinajstić information content (AvgIpc) is 2.64. The van der Waals surface area contributed by atoms with Crippen LogP contribution in [0.3, 0.4) is 0 Å². The molecule has 0 amide bonds. The zero-order valence-corrected chi connectivity index (χ0v) is 15.7. The lowest BCUT2D eigenvalue weighted by Crippen LogP contribution is -2.31. The van der Waals surface area contributed by atoms with Gasteiger partial charge in [0.1, 0.15) is 6.61 Å². The van der Waals surface area contributed by atoms with Gasteiger partial charge < -0.3 is 25.2 Å². The molecule has 5 nitrogen and oxygen atoms in total. The maximum absolute atomic E-state index is 9.24. The Labute approximate surface area is 156 Å². The summed E-state index contributed by atoms with van der Waals surface area (Å²) in [4.78, 5) is 0. The summed E-state index contributed by atoms with van der Waals surface area (Å²) in [5, 5.41) is 15.8. The highest BCUT2D eigenvalue weighted by molar-refractivity contribution is 5.46. The largest absolute Gasteiger partial charge is 0.490 e. The number of rotatable bonds is 12. The Morgan fingerprint density at radius 1 is 0.962 bits per heavy atom. The molecule has 142 valence electrons. The van der Waals surface area contributed by atoms with Crippen molar-refractivity contribution in [3.63, 3.8) is 0 Å². The average molecular weight is 358 g/mol. The fraction of sp³-hybridized carbons (Fsp3) is 0.429. The minimum atomic E-state index is -0.323. The predicted octanol–water partition coefficient (Wildman–Crippen LogP) is 2.72. The number of aliphatic hydroxyl groups is 1. The highest BCUT2D eigenvalue weighted by Crippen LogP contribution is 2.32. The number of ether oxygens (including phenoxy) is 2. The van der Waals surface area contributed by atoms with Gasteiger partial charge in [0, 0.05) is 31.7 Å². The van der Waals surface area contributed by atoms with Crippen LogP contribution in [0, 0.1) is 0 Å². The zero-order valence-electron chi connectivity index (χ0n) is 15.7. The van der Waals surface area contributed by atoms with Crippen molar-refractivity contribution in [1.82, 2.24) is 10.6 Å². The van der Waals surface area contributed by atoms with Gasteiger partial charge in [0.15, 0.2) is 11.5 Å². The van der Waals surface area contributed by atoms with E-state index in [9.17, 15) is 5.11 Å². The van der Waals surface area contributed by atoms with Crippen molar-refractivity contribution in [2.75, 3.05) is 26.2 Å². The van der Waals surface area contributed by atoms with Crippen molar-refractivity contribution in [3.8, 4) is 11.5 Å². The first kappa shape index (κ1) is 20.2. The van der Waals surface area contributed by atoms with Gasteiger partial charge in [-0.25, -0.2) is 0 Å². The molecular weight excluding hydrogens is 328 g/mol. The second-order valence-corrected chi connectivity index (χ2v) is 6.18. The number of nitrogens with one attached hydrogen (secondary N) is 2. The molecule has 0 aliphatic heterocycles. The normalized spacial score (nSPS) is 12.0.